The van der Waals surface area contributed by atoms with Gasteiger partial charge in [0.25, 0.3) is 5.56 Å². The Bertz CT molecular complexity index is 1370. The monoisotopic (exact) mass is 462 g/mol. The van der Waals surface area contributed by atoms with E-state index in [1.54, 1.807) is 17.6 Å². The first-order chi connectivity index (χ1) is 16.3. The molecule has 2 aliphatic rings. The summed E-state index contributed by atoms with van der Waals surface area (Å²) in [7, 11) is 2.00. The van der Waals surface area contributed by atoms with Crippen molar-refractivity contribution in [2.75, 3.05) is 11.9 Å². The smallest absolute Gasteiger partial charge is 0.343 e. The Balaban J connectivity index is 1.58. The fourth-order valence-corrected chi connectivity index (χ4v) is 4.99. The molecule has 2 aromatic heterocycles. The average molecular weight is 463 g/mol. The van der Waals surface area contributed by atoms with E-state index in [9.17, 15) is 14.7 Å². The number of carbonyl (C=O) groups excluding carboxylic acids is 1. The van der Waals surface area contributed by atoms with Gasteiger partial charge in [-0.05, 0) is 43.2 Å². The zero-order valence-electron chi connectivity index (χ0n) is 19.8. The van der Waals surface area contributed by atoms with Crippen molar-refractivity contribution in [3.63, 3.8) is 0 Å². The average Bonchev–Trinajstić information content (AvgIpc) is 3.20. The maximum atomic E-state index is 13.3. The summed E-state index contributed by atoms with van der Waals surface area (Å²) in [5.74, 6) is -0.717. The molecule has 0 saturated carbocycles. The lowest BCUT2D eigenvalue weighted by Gasteiger charge is -2.31. The third kappa shape index (κ3) is 3.32. The number of anilines is 1. The van der Waals surface area contributed by atoms with E-state index >= 15 is 0 Å². The zero-order chi connectivity index (χ0) is 24.2. The number of cyclic esters (lactones) is 1. The van der Waals surface area contributed by atoms with E-state index in [1.807, 2.05) is 19.2 Å². The molecule has 0 amide bonds. The van der Waals surface area contributed by atoms with Gasteiger partial charge in [-0.3, -0.25) is 4.79 Å². The molecule has 1 unspecified atom stereocenters. The molecule has 1 aromatic carbocycles. The maximum absolute atomic E-state index is 13.3. The van der Waals surface area contributed by atoms with Gasteiger partial charge in [0.05, 0.1) is 35.2 Å². The van der Waals surface area contributed by atoms with Crippen LogP contribution in [0, 0.1) is 0 Å². The standard InChI is InChI=1S/C26H30N4O4/c1-4-6-7-22(27)29(3)17-8-9-20-15(11-17)10-16-13-30-21(23(16)28-20)12-19-18(24(30)31)14-34-25(32)26(19,33)5-2/h8-12,22,33H,4-7,13-14,27H2,1-3H3/t22?,26-/m0/s1. The van der Waals surface area contributed by atoms with Crippen molar-refractivity contribution in [1.29, 1.82) is 0 Å². The minimum Gasteiger partial charge on any atom is -0.458 e. The lowest BCUT2D eigenvalue weighted by Crippen LogP contribution is -2.44. The summed E-state index contributed by atoms with van der Waals surface area (Å²) in [4.78, 5) is 32.6. The summed E-state index contributed by atoms with van der Waals surface area (Å²) < 4.78 is 6.79. The summed E-state index contributed by atoms with van der Waals surface area (Å²) in [6.45, 7) is 4.11. The Morgan fingerprint density at radius 3 is 2.79 bits per heavy atom. The van der Waals surface area contributed by atoms with Crippen molar-refractivity contribution in [1.82, 2.24) is 9.55 Å². The van der Waals surface area contributed by atoms with Crippen molar-refractivity contribution in [2.45, 2.75) is 64.4 Å². The highest BCUT2D eigenvalue weighted by Gasteiger charge is 2.45. The molecule has 4 heterocycles. The first-order valence-corrected chi connectivity index (χ1v) is 11.9. The van der Waals surface area contributed by atoms with Crippen LogP contribution in [0.5, 0.6) is 0 Å². The van der Waals surface area contributed by atoms with E-state index in [2.05, 4.69) is 24.0 Å². The van der Waals surface area contributed by atoms with Crippen molar-refractivity contribution >= 4 is 22.6 Å². The van der Waals surface area contributed by atoms with Crippen molar-refractivity contribution in [3.05, 3.63) is 57.4 Å². The number of fused-ring (bicyclic) bond motifs is 5. The molecule has 5 rings (SSSR count). The molecule has 0 radical (unpaired) electrons. The molecule has 3 aromatic rings. The molecule has 0 spiro atoms. The summed E-state index contributed by atoms with van der Waals surface area (Å²) in [6.07, 6.45) is 3.17. The SMILES string of the molecule is CCCCC(N)N(C)c1ccc2nc3c(cc2c1)Cn1c-3cc2c(c1=O)COC(=O)[C@]2(O)CC. The largest absolute Gasteiger partial charge is 0.458 e. The molecule has 0 saturated heterocycles. The number of aliphatic hydroxyl groups is 1. The number of aromatic nitrogens is 2. The van der Waals surface area contributed by atoms with E-state index < -0.39 is 11.6 Å². The van der Waals surface area contributed by atoms with Crippen LogP contribution in [0.2, 0.25) is 0 Å². The predicted octanol–water partition coefficient (Wildman–Crippen LogP) is 2.99. The first kappa shape index (κ1) is 22.6. The van der Waals surface area contributed by atoms with E-state index in [0.29, 0.717) is 29.1 Å². The highest BCUT2D eigenvalue weighted by atomic mass is 16.6. The Kier molecular flexibility index (Phi) is 5.45. The number of carbonyl (C=O) groups is 1. The number of unbranched alkanes of at least 4 members (excludes halogenated alkanes) is 1. The Morgan fingerprint density at radius 2 is 2.06 bits per heavy atom. The van der Waals surface area contributed by atoms with Crippen molar-refractivity contribution in [3.8, 4) is 11.4 Å². The fourth-order valence-electron chi connectivity index (χ4n) is 4.99. The second-order valence-corrected chi connectivity index (χ2v) is 9.30. The lowest BCUT2D eigenvalue weighted by atomic mass is 9.86. The summed E-state index contributed by atoms with van der Waals surface area (Å²) in [5.41, 5.74) is 9.01. The number of nitrogens with zero attached hydrogens (tertiary/aromatic N) is 3. The van der Waals surface area contributed by atoms with Crippen LogP contribution in [0.4, 0.5) is 5.69 Å². The Hall–Kier alpha value is -3.23. The highest BCUT2D eigenvalue weighted by Crippen LogP contribution is 2.39. The number of hydrogen-bond donors (Lipinski definition) is 2. The molecule has 34 heavy (non-hydrogen) atoms. The van der Waals surface area contributed by atoms with E-state index in [4.69, 9.17) is 15.5 Å². The Morgan fingerprint density at radius 1 is 1.26 bits per heavy atom. The topological polar surface area (TPSA) is 111 Å². The van der Waals surface area contributed by atoms with Crippen LogP contribution in [-0.4, -0.2) is 33.8 Å². The number of esters is 1. The molecule has 0 fully saturated rings. The van der Waals surface area contributed by atoms with Crippen LogP contribution in [0.3, 0.4) is 0 Å². The van der Waals surface area contributed by atoms with Crippen molar-refractivity contribution in [2.24, 2.45) is 5.73 Å². The van der Waals surface area contributed by atoms with Crippen molar-refractivity contribution < 1.29 is 14.6 Å². The number of rotatable bonds is 6. The summed E-state index contributed by atoms with van der Waals surface area (Å²) in [6, 6.07) is 9.85. The quantitative estimate of drug-likeness (QED) is 0.335. The number of benzene rings is 1. The molecule has 3 N–H and O–H groups in total. The minimum absolute atomic E-state index is 0.0591. The molecule has 8 heteroatoms. The van der Waals surface area contributed by atoms with Gasteiger partial charge in [0.2, 0.25) is 0 Å². The van der Waals surface area contributed by atoms with E-state index in [1.165, 1.54) is 0 Å². The molecule has 178 valence electrons. The van der Waals surface area contributed by atoms with Gasteiger partial charge < -0.3 is 25.0 Å². The lowest BCUT2D eigenvalue weighted by molar-refractivity contribution is -0.172. The summed E-state index contributed by atoms with van der Waals surface area (Å²) >= 11 is 0. The van der Waals surface area contributed by atoms with Crippen LogP contribution in [0.1, 0.15) is 56.2 Å². The van der Waals surface area contributed by atoms with Gasteiger partial charge in [0.15, 0.2) is 5.60 Å². The van der Waals surface area contributed by atoms with Gasteiger partial charge in [0.1, 0.15) is 6.61 Å². The first-order valence-electron chi connectivity index (χ1n) is 11.9. The zero-order valence-corrected chi connectivity index (χ0v) is 19.8. The number of nitrogens with two attached hydrogens (primary N) is 1. The highest BCUT2D eigenvalue weighted by molar-refractivity contribution is 5.88. The van der Waals surface area contributed by atoms with Crippen LogP contribution in [0.25, 0.3) is 22.3 Å². The van der Waals surface area contributed by atoms with Gasteiger partial charge in [-0.1, -0.05) is 26.7 Å². The molecular formula is C26H30N4O4. The Labute approximate surface area is 198 Å². The van der Waals surface area contributed by atoms with E-state index in [0.717, 1.165) is 41.4 Å². The van der Waals surface area contributed by atoms with Gasteiger partial charge in [-0.2, -0.15) is 0 Å². The molecule has 2 atom stereocenters. The van der Waals surface area contributed by atoms with Gasteiger partial charge in [0, 0.05) is 29.2 Å². The predicted molar refractivity (Wildman–Crippen MR) is 130 cm³/mol. The van der Waals surface area contributed by atoms with Crippen LogP contribution in [-0.2, 0) is 28.3 Å². The number of pyridine rings is 2. The van der Waals surface area contributed by atoms with Gasteiger partial charge in [-0.15, -0.1) is 0 Å². The summed E-state index contributed by atoms with van der Waals surface area (Å²) in [5, 5.41) is 12.0. The second-order valence-electron chi connectivity index (χ2n) is 9.30. The molecule has 0 bridgehead atoms. The van der Waals surface area contributed by atoms with E-state index in [-0.39, 0.29) is 24.8 Å². The normalized spacial score (nSPS) is 19.4. The number of ether oxygens (including phenoxy) is 1. The second kappa shape index (κ2) is 8.21. The van der Waals surface area contributed by atoms with Gasteiger partial charge >= 0.3 is 5.97 Å². The van der Waals surface area contributed by atoms with Crippen LogP contribution < -0.4 is 16.2 Å². The molecule has 8 nitrogen and oxygen atoms in total. The minimum atomic E-state index is -1.82. The molecular weight excluding hydrogens is 432 g/mol. The molecule has 0 aliphatic carbocycles. The maximum Gasteiger partial charge on any atom is 0.343 e. The third-order valence-electron chi connectivity index (χ3n) is 7.25. The van der Waals surface area contributed by atoms with Gasteiger partial charge in [-0.25, -0.2) is 9.78 Å². The van der Waals surface area contributed by atoms with Crippen LogP contribution in [0.15, 0.2) is 35.1 Å². The number of hydrogen-bond acceptors (Lipinski definition) is 7. The molecule has 2 aliphatic heterocycles. The van der Waals surface area contributed by atoms with Crippen LogP contribution >= 0.6 is 0 Å². The fraction of sp³-hybridized carbons (Fsp3) is 0.423. The third-order valence-corrected chi connectivity index (χ3v) is 7.25.